The van der Waals surface area contributed by atoms with Gasteiger partial charge in [-0.2, -0.15) is 0 Å². The van der Waals surface area contributed by atoms with Crippen molar-refractivity contribution >= 4 is 47.1 Å². The van der Waals surface area contributed by atoms with Crippen molar-refractivity contribution in [2.24, 2.45) is 0 Å². The van der Waals surface area contributed by atoms with Crippen molar-refractivity contribution < 1.29 is 19.1 Å². The molecule has 2 aromatic carbocycles. The van der Waals surface area contributed by atoms with Crippen LogP contribution in [-0.2, 0) is 19.1 Å². The van der Waals surface area contributed by atoms with Crippen LogP contribution < -0.4 is 0 Å². The number of allylic oxidation sites excluding steroid dienone is 2. The third-order valence-corrected chi connectivity index (χ3v) is 4.29. The van der Waals surface area contributed by atoms with Crippen LogP contribution in [-0.4, -0.2) is 18.4 Å². The SMILES string of the molecule is CCOC(=O)C1=C(/C=C/c2cccc(Cl)c2)O/C(=C\c2cccc(Cl)c2)C1=O. The lowest BCUT2D eigenvalue weighted by atomic mass is 10.1. The second kappa shape index (κ2) is 8.91. The molecule has 6 heteroatoms. The number of carbonyl (C=O) groups is 2. The van der Waals surface area contributed by atoms with E-state index in [1.807, 2.05) is 6.07 Å². The van der Waals surface area contributed by atoms with E-state index in [1.165, 1.54) is 6.08 Å². The number of rotatable bonds is 5. The molecule has 3 rings (SSSR count). The van der Waals surface area contributed by atoms with E-state index < -0.39 is 11.8 Å². The molecule has 0 saturated carbocycles. The van der Waals surface area contributed by atoms with Gasteiger partial charge in [-0.3, -0.25) is 4.79 Å². The minimum atomic E-state index is -0.729. The zero-order chi connectivity index (χ0) is 20.1. The predicted molar refractivity (Wildman–Crippen MR) is 110 cm³/mol. The normalized spacial score (nSPS) is 15.4. The largest absolute Gasteiger partial charge is 0.462 e. The summed E-state index contributed by atoms with van der Waals surface area (Å²) in [5, 5.41) is 1.10. The number of ketones is 1. The third kappa shape index (κ3) is 4.71. The molecule has 4 nitrogen and oxygen atoms in total. The number of benzene rings is 2. The van der Waals surface area contributed by atoms with Gasteiger partial charge in [0, 0.05) is 10.0 Å². The van der Waals surface area contributed by atoms with E-state index in [0.29, 0.717) is 15.6 Å². The number of esters is 1. The lowest BCUT2D eigenvalue weighted by Crippen LogP contribution is -2.14. The Balaban J connectivity index is 1.95. The van der Waals surface area contributed by atoms with Crippen LogP contribution in [0, 0.1) is 0 Å². The van der Waals surface area contributed by atoms with E-state index in [0.717, 1.165) is 5.56 Å². The second-order valence-electron chi connectivity index (χ2n) is 5.84. The molecule has 0 aliphatic carbocycles. The summed E-state index contributed by atoms with van der Waals surface area (Å²) in [6.45, 7) is 1.82. The lowest BCUT2D eigenvalue weighted by Gasteiger charge is -2.01. The van der Waals surface area contributed by atoms with E-state index in [2.05, 4.69) is 0 Å². The fourth-order valence-electron chi connectivity index (χ4n) is 2.59. The molecule has 0 saturated heterocycles. The van der Waals surface area contributed by atoms with Gasteiger partial charge >= 0.3 is 5.97 Å². The van der Waals surface area contributed by atoms with Crippen LogP contribution in [0.5, 0.6) is 0 Å². The first-order valence-electron chi connectivity index (χ1n) is 8.53. The number of ether oxygens (including phenoxy) is 2. The molecule has 0 aromatic heterocycles. The summed E-state index contributed by atoms with van der Waals surface area (Å²) in [5.41, 5.74) is 1.33. The van der Waals surface area contributed by atoms with E-state index >= 15 is 0 Å². The molecular formula is C22H16Cl2O4. The van der Waals surface area contributed by atoms with Crippen molar-refractivity contribution in [2.45, 2.75) is 6.92 Å². The summed E-state index contributed by atoms with van der Waals surface area (Å²) in [7, 11) is 0. The first-order valence-corrected chi connectivity index (χ1v) is 9.28. The summed E-state index contributed by atoms with van der Waals surface area (Å²) in [4.78, 5) is 25.0. The third-order valence-electron chi connectivity index (χ3n) is 3.82. The number of Topliss-reactive ketones (excluding diaryl/α,β-unsaturated/α-hetero) is 1. The van der Waals surface area contributed by atoms with Crippen LogP contribution in [0.4, 0.5) is 0 Å². The number of halogens is 2. The average molecular weight is 415 g/mol. The first-order chi connectivity index (χ1) is 13.5. The van der Waals surface area contributed by atoms with Gasteiger partial charge in [0.25, 0.3) is 0 Å². The molecule has 0 amide bonds. The van der Waals surface area contributed by atoms with Gasteiger partial charge in [-0.25, -0.2) is 4.79 Å². The van der Waals surface area contributed by atoms with Crippen molar-refractivity contribution in [3.8, 4) is 0 Å². The molecule has 1 aliphatic rings. The molecule has 1 aliphatic heterocycles. The van der Waals surface area contributed by atoms with Crippen molar-refractivity contribution in [1.29, 1.82) is 0 Å². The molecule has 142 valence electrons. The molecule has 0 N–H and O–H groups in total. The quantitative estimate of drug-likeness (QED) is 0.370. The first kappa shape index (κ1) is 19.9. The Hall–Kier alpha value is -2.82. The highest BCUT2D eigenvalue weighted by molar-refractivity contribution is 6.31. The number of carbonyl (C=O) groups excluding carboxylic acids is 2. The maximum absolute atomic E-state index is 12.7. The van der Waals surface area contributed by atoms with Crippen LogP contribution in [0.15, 0.2) is 71.7 Å². The summed E-state index contributed by atoms with van der Waals surface area (Å²) >= 11 is 12.0. The molecule has 0 fully saturated rings. The van der Waals surface area contributed by atoms with Crippen LogP contribution >= 0.6 is 23.2 Å². The highest BCUT2D eigenvalue weighted by Gasteiger charge is 2.35. The summed E-state index contributed by atoms with van der Waals surface area (Å²) in [6, 6.07) is 14.1. The molecule has 0 radical (unpaired) electrons. The fourth-order valence-corrected chi connectivity index (χ4v) is 2.99. The molecule has 0 spiro atoms. The molecule has 1 heterocycles. The molecule has 0 unspecified atom stereocenters. The smallest absolute Gasteiger partial charge is 0.346 e. The van der Waals surface area contributed by atoms with Crippen LogP contribution in [0.25, 0.3) is 12.2 Å². The van der Waals surface area contributed by atoms with E-state index in [9.17, 15) is 9.59 Å². The molecule has 0 atom stereocenters. The van der Waals surface area contributed by atoms with Gasteiger partial charge < -0.3 is 9.47 Å². The standard InChI is InChI=1S/C22H16Cl2O4/c1-2-27-22(26)20-18(10-9-14-5-3-7-16(23)11-14)28-19(21(20)25)13-15-6-4-8-17(24)12-15/h3-13H,2H2,1H3/b10-9+,19-13-. The van der Waals surface area contributed by atoms with Crippen LogP contribution in [0.2, 0.25) is 10.0 Å². The van der Waals surface area contributed by atoms with Crippen LogP contribution in [0.3, 0.4) is 0 Å². The van der Waals surface area contributed by atoms with Gasteiger partial charge in [0.1, 0.15) is 5.76 Å². The van der Waals surface area contributed by atoms with Gasteiger partial charge in [0.05, 0.1) is 6.61 Å². The Morgan fingerprint density at radius 3 is 2.32 bits per heavy atom. The Labute approximate surface area is 172 Å². The lowest BCUT2D eigenvalue weighted by molar-refractivity contribution is -0.139. The van der Waals surface area contributed by atoms with Crippen molar-refractivity contribution in [3.05, 3.63) is 92.9 Å². The number of hydrogen-bond donors (Lipinski definition) is 0. The summed E-state index contributed by atoms with van der Waals surface area (Å²) in [5.74, 6) is -1.12. The van der Waals surface area contributed by atoms with E-state index in [1.54, 1.807) is 61.5 Å². The van der Waals surface area contributed by atoms with Gasteiger partial charge in [-0.05, 0) is 54.5 Å². The minimum absolute atomic E-state index is 0.0241. The summed E-state index contributed by atoms with van der Waals surface area (Å²) < 4.78 is 10.7. The summed E-state index contributed by atoms with van der Waals surface area (Å²) in [6.07, 6.45) is 4.79. The second-order valence-corrected chi connectivity index (χ2v) is 6.72. The van der Waals surface area contributed by atoms with Crippen molar-refractivity contribution in [3.63, 3.8) is 0 Å². The predicted octanol–water partition coefficient (Wildman–Crippen LogP) is 5.46. The van der Waals surface area contributed by atoms with Crippen molar-refractivity contribution in [1.82, 2.24) is 0 Å². The van der Waals surface area contributed by atoms with E-state index in [-0.39, 0.29) is 23.7 Å². The van der Waals surface area contributed by atoms with Gasteiger partial charge in [-0.15, -0.1) is 0 Å². The van der Waals surface area contributed by atoms with Crippen LogP contribution in [0.1, 0.15) is 18.1 Å². The van der Waals surface area contributed by atoms with Gasteiger partial charge in [-0.1, -0.05) is 53.5 Å². The van der Waals surface area contributed by atoms with E-state index in [4.69, 9.17) is 32.7 Å². The Morgan fingerprint density at radius 2 is 1.68 bits per heavy atom. The molecular weight excluding hydrogens is 399 g/mol. The molecule has 28 heavy (non-hydrogen) atoms. The topological polar surface area (TPSA) is 52.6 Å². The number of hydrogen-bond acceptors (Lipinski definition) is 4. The maximum atomic E-state index is 12.7. The minimum Gasteiger partial charge on any atom is -0.462 e. The molecule has 2 aromatic rings. The highest BCUT2D eigenvalue weighted by atomic mass is 35.5. The molecule has 0 bridgehead atoms. The average Bonchev–Trinajstić information content (AvgIpc) is 2.96. The monoisotopic (exact) mass is 414 g/mol. The zero-order valence-corrected chi connectivity index (χ0v) is 16.5. The Bertz CT molecular complexity index is 1020. The maximum Gasteiger partial charge on any atom is 0.346 e. The fraction of sp³-hybridized carbons (Fsp3) is 0.0909. The zero-order valence-electron chi connectivity index (χ0n) is 14.9. The Morgan fingerprint density at radius 1 is 1.04 bits per heavy atom. The van der Waals surface area contributed by atoms with Gasteiger partial charge in [0.15, 0.2) is 11.3 Å². The highest BCUT2D eigenvalue weighted by Crippen LogP contribution is 2.29. The van der Waals surface area contributed by atoms with Crippen molar-refractivity contribution in [2.75, 3.05) is 6.61 Å². The van der Waals surface area contributed by atoms with Gasteiger partial charge in [0.2, 0.25) is 5.78 Å². The Kier molecular flexibility index (Phi) is 6.34.